The smallest absolute Gasteiger partial charge is 0.364 e. The van der Waals surface area contributed by atoms with Gasteiger partial charge in [-0.15, -0.1) is 0 Å². The lowest BCUT2D eigenvalue weighted by Crippen LogP contribution is -1.99. The molecule has 76 valence electrons. The molecule has 0 rings (SSSR count). The summed E-state index contributed by atoms with van der Waals surface area (Å²) in [5.74, 6) is -0.370. The van der Waals surface area contributed by atoms with Gasteiger partial charge in [-0.3, -0.25) is 4.57 Å². The summed E-state index contributed by atoms with van der Waals surface area (Å²) < 4.78 is 21.6. The maximum atomic E-state index is 11.8. The molecule has 0 aliphatic rings. The molecule has 0 spiro atoms. The molecule has 0 heterocycles. The molecule has 5 heteroatoms. The fourth-order valence-corrected chi connectivity index (χ4v) is 2.07. The Hall–Kier alpha value is -0.570. The second-order valence-electron chi connectivity index (χ2n) is 2.23. The third-order valence-electron chi connectivity index (χ3n) is 1.26. The van der Waals surface area contributed by atoms with Crippen LogP contribution in [0.3, 0.4) is 0 Å². The van der Waals surface area contributed by atoms with Crippen molar-refractivity contribution in [2.24, 2.45) is 0 Å². The maximum absolute atomic E-state index is 11.8. The molecule has 13 heavy (non-hydrogen) atoms. The van der Waals surface area contributed by atoms with E-state index < -0.39 is 7.60 Å². The predicted molar refractivity (Wildman–Crippen MR) is 51.8 cm³/mol. The van der Waals surface area contributed by atoms with Crippen LogP contribution in [0.4, 0.5) is 0 Å². The van der Waals surface area contributed by atoms with Gasteiger partial charge in [0.25, 0.3) is 0 Å². The van der Waals surface area contributed by atoms with Gasteiger partial charge in [-0.2, -0.15) is 0 Å². The second-order valence-corrected chi connectivity index (χ2v) is 4.28. The van der Waals surface area contributed by atoms with Crippen molar-refractivity contribution in [2.45, 2.75) is 13.8 Å². The molecule has 4 nitrogen and oxygen atoms in total. The van der Waals surface area contributed by atoms with E-state index >= 15 is 0 Å². The number of hydrogen-bond donors (Lipinski definition) is 1. The van der Waals surface area contributed by atoms with Crippen molar-refractivity contribution in [1.29, 1.82) is 0 Å². The molecule has 0 unspecified atom stereocenters. The van der Waals surface area contributed by atoms with Crippen LogP contribution in [0, 0.1) is 0 Å². The van der Waals surface area contributed by atoms with E-state index in [-0.39, 0.29) is 24.3 Å². The molecule has 0 atom stereocenters. The first-order chi connectivity index (χ1) is 5.98. The van der Waals surface area contributed by atoms with Gasteiger partial charge < -0.3 is 14.2 Å². The Morgan fingerprint density at radius 1 is 1.31 bits per heavy atom. The van der Waals surface area contributed by atoms with Crippen LogP contribution < -0.4 is 0 Å². The highest BCUT2D eigenvalue weighted by Gasteiger charge is 2.29. The molecule has 0 aromatic rings. The molecule has 0 saturated heterocycles. The van der Waals surface area contributed by atoms with Gasteiger partial charge in [0.05, 0.1) is 18.5 Å². The van der Waals surface area contributed by atoms with Crippen LogP contribution >= 0.6 is 7.60 Å². The van der Waals surface area contributed by atoms with Crippen LogP contribution in [0.25, 0.3) is 0 Å². The molecule has 0 aromatic heterocycles. The Bertz CT molecular complexity index is 237. The Labute approximate surface area is 78.4 Å². The van der Waals surface area contributed by atoms with Crippen molar-refractivity contribution in [3.8, 4) is 0 Å². The second kappa shape index (κ2) is 5.22. The van der Waals surface area contributed by atoms with Crippen molar-refractivity contribution in [3.05, 3.63) is 24.2 Å². The maximum Gasteiger partial charge on any atom is 0.364 e. The van der Waals surface area contributed by atoms with Crippen LogP contribution in [0.15, 0.2) is 24.2 Å². The minimum absolute atomic E-state index is 0.0869. The molecular formula is C8H15O4P. The van der Waals surface area contributed by atoms with Crippen LogP contribution in [-0.4, -0.2) is 18.3 Å². The van der Waals surface area contributed by atoms with E-state index in [1.165, 1.54) is 0 Å². The van der Waals surface area contributed by atoms with Crippen molar-refractivity contribution >= 4 is 7.60 Å². The summed E-state index contributed by atoms with van der Waals surface area (Å²) in [6.45, 7) is 10.4. The fourth-order valence-electron chi connectivity index (χ4n) is 0.691. The fraction of sp³-hybridized carbons (Fsp3) is 0.500. The predicted octanol–water partition coefficient (Wildman–Crippen LogP) is 2.84. The molecule has 0 aromatic carbocycles. The van der Waals surface area contributed by atoms with E-state index in [1.807, 2.05) is 0 Å². The zero-order valence-electron chi connectivity index (χ0n) is 7.95. The van der Waals surface area contributed by atoms with Gasteiger partial charge >= 0.3 is 7.60 Å². The van der Waals surface area contributed by atoms with Gasteiger partial charge in [-0.05, 0) is 13.8 Å². The van der Waals surface area contributed by atoms with Crippen LogP contribution in [-0.2, 0) is 13.6 Å². The SMILES string of the molecule is C=C(O)C(=C)P(=O)(OCC)OCC. The van der Waals surface area contributed by atoms with E-state index in [2.05, 4.69) is 13.2 Å². The normalized spacial score (nSPS) is 11.2. The lowest BCUT2D eigenvalue weighted by molar-refractivity contribution is 0.225. The van der Waals surface area contributed by atoms with Crippen molar-refractivity contribution in [2.75, 3.05) is 13.2 Å². The van der Waals surface area contributed by atoms with Crippen LogP contribution in [0.1, 0.15) is 13.8 Å². The quantitative estimate of drug-likeness (QED) is 0.412. The Morgan fingerprint density at radius 2 is 1.69 bits per heavy atom. The van der Waals surface area contributed by atoms with Gasteiger partial charge in [-0.25, -0.2) is 0 Å². The highest BCUT2D eigenvalue weighted by molar-refractivity contribution is 7.58. The van der Waals surface area contributed by atoms with E-state index in [4.69, 9.17) is 14.2 Å². The third kappa shape index (κ3) is 3.35. The third-order valence-corrected chi connectivity index (χ3v) is 3.38. The van der Waals surface area contributed by atoms with Gasteiger partial charge in [0.2, 0.25) is 0 Å². The zero-order valence-corrected chi connectivity index (χ0v) is 8.84. The van der Waals surface area contributed by atoms with Gasteiger partial charge in [0.1, 0.15) is 5.76 Å². The average Bonchev–Trinajstić information content (AvgIpc) is 2.03. The molecule has 0 bridgehead atoms. The summed E-state index contributed by atoms with van der Waals surface area (Å²) in [6, 6.07) is 0. The summed E-state index contributed by atoms with van der Waals surface area (Å²) in [5, 5.41) is 8.90. The van der Waals surface area contributed by atoms with E-state index in [0.717, 1.165) is 0 Å². The lowest BCUT2D eigenvalue weighted by atomic mass is 10.6. The summed E-state index contributed by atoms with van der Waals surface area (Å²) in [5.41, 5.74) is 0. The molecule has 0 aliphatic heterocycles. The molecule has 1 N–H and O–H groups in total. The molecule has 0 amide bonds. The minimum Gasteiger partial charge on any atom is -0.508 e. The summed E-state index contributed by atoms with van der Waals surface area (Å²) in [7, 11) is -3.41. The number of hydrogen-bond acceptors (Lipinski definition) is 4. The molecule has 0 fully saturated rings. The monoisotopic (exact) mass is 206 g/mol. The van der Waals surface area contributed by atoms with Gasteiger partial charge in [0.15, 0.2) is 0 Å². The first-order valence-electron chi connectivity index (χ1n) is 3.94. The number of allylic oxidation sites excluding steroid dienone is 1. The summed E-state index contributed by atoms with van der Waals surface area (Å²) in [6.07, 6.45) is 0. The van der Waals surface area contributed by atoms with Crippen molar-refractivity contribution in [3.63, 3.8) is 0 Å². The van der Waals surface area contributed by atoms with E-state index in [1.54, 1.807) is 13.8 Å². The highest BCUT2D eigenvalue weighted by Crippen LogP contribution is 2.56. The standard InChI is InChI=1S/C8H15O4P/c1-5-11-13(10,12-6-2)8(4)7(3)9/h9H,3-6H2,1-2H3. The van der Waals surface area contributed by atoms with Gasteiger partial charge in [0, 0.05) is 0 Å². The highest BCUT2D eigenvalue weighted by atomic mass is 31.2. The van der Waals surface area contributed by atoms with Crippen molar-refractivity contribution in [1.82, 2.24) is 0 Å². The molecule has 0 aliphatic carbocycles. The van der Waals surface area contributed by atoms with Crippen LogP contribution in [0.5, 0.6) is 0 Å². The van der Waals surface area contributed by atoms with Gasteiger partial charge in [-0.1, -0.05) is 13.2 Å². The first kappa shape index (κ1) is 12.4. The largest absolute Gasteiger partial charge is 0.508 e. The zero-order chi connectivity index (χ0) is 10.5. The topological polar surface area (TPSA) is 55.8 Å². The van der Waals surface area contributed by atoms with Crippen LogP contribution in [0.2, 0.25) is 0 Å². The van der Waals surface area contributed by atoms with Crippen molar-refractivity contribution < 1.29 is 18.7 Å². The molecule has 0 saturated carbocycles. The Kier molecular flexibility index (Phi) is 4.99. The van der Waals surface area contributed by atoms with E-state index in [9.17, 15) is 4.57 Å². The Balaban J connectivity index is 4.68. The first-order valence-corrected chi connectivity index (χ1v) is 5.49. The number of aliphatic hydroxyl groups is 1. The van der Waals surface area contributed by atoms with E-state index in [0.29, 0.717) is 0 Å². The number of aliphatic hydroxyl groups excluding tert-OH is 1. The molecular weight excluding hydrogens is 191 g/mol. The molecule has 0 radical (unpaired) electrons. The Morgan fingerprint density at radius 3 is 1.92 bits per heavy atom. The summed E-state index contributed by atoms with van der Waals surface area (Å²) >= 11 is 0. The minimum atomic E-state index is -3.41. The lowest BCUT2D eigenvalue weighted by Gasteiger charge is -2.17. The average molecular weight is 206 g/mol. The summed E-state index contributed by atoms with van der Waals surface area (Å²) in [4.78, 5) is 0. The number of rotatable bonds is 6.